The van der Waals surface area contributed by atoms with Gasteiger partial charge >= 0.3 is 0 Å². The lowest BCUT2D eigenvalue weighted by molar-refractivity contribution is 0.137. The highest BCUT2D eigenvalue weighted by Gasteiger charge is 2.23. The number of benzene rings is 1. The fraction of sp³-hybridized carbons (Fsp3) is 0.647. The normalized spacial score (nSPS) is 13.6. The lowest BCUT2D eigenvalue weighted by Crippen LogP contribution is -2.44. The second-order valence-corrected chi connectivity index (χ2v) is 5.89. The molecule has 0 aromatic heterocycles. The summed E-state index contributed by atoms with van der Waals surface area (Å²) in [7, 11) is 4.22. The van der Waals surface area contributed by atoms with Gasteiger partial charge in [-0.3, -0.25) is 4.90 Å². The number of ether oxygens (including phenoxy) is 1. The zero-order valence-corrected chi connectivity index (χ0v) is 13.9. The van der Waals surface area contributed by atoms with E-state index in [0.29, 0.717) is 12.6 Å². The quantitative estimate of drug-likeness (QED) is 0.788. The molecule has 0 radical (unpaired) electrons. The van der Waals surface area contributed by atoms with E-state index in [0.717, 1.165) is 18.7 Å². The van der Waals surface area contributed by atoms with Gasteiger partial charge in [0.25, 0.3) is 0 Å². The van der Waals surface area contributed by atoms with Crippen LogP contribution in [0.3, 0.4) is 0 Å². The third-order valence-electron chi connectivity index (χ3n) is 4.30. The minimum Gasteiger partial charge on any atom is -0.494 e. The molecular weight excluding hydrogens is 248 g/mol. The molecule has 1 aromatic carbocycles. The van der Waals surface area contributed by atoms with Crippen molar-refractivity contribution in [1.29, 1.82) is 0 Å². The molecule has 20 heavy (non-hydrogen) atoms. The highest BCUT2D eigenvalue weighted by atomic mass is 16.5. The van der Waals surface area contributed by atoms with Gasteiger partial charge in [0, 0.05) is 18.1 Å². The number of hydrogen-bond acceptors (Lipinski definition) is 3. The third-order valence-corrected chi connectivity index (χ3v) is 4.30. The molecule has 1 rings (SSSR count). The van der Waals surface area contributed by atoms with Crippen molar-refractivity contribution in [2.75, 3.05) is 27.2 Å². The molecule has 1 unspecified atom stereocenters. The third kappa shape index (κ3) is 4.50. The van der Waals surface area contributed by atoms with Crippen molar-refractivity contribution in [2.24, 2.45) is 0 Å². The van der Waals surface area contributed by atoms with Crippen LogP contribution in [0, 0.1) is 0 Å². The average Bonchev–Trinajstić information content (AvgIpc) is 2.45. The molecule has 0 heterocycles. The molecule has 3 heteroatoms. The highest BCUT2D eigenvalue weighted by molar-refractivity contribution is 5.29. The summed E-state index contributed by atoms with van der Waals surface area (Å²) in [5.74, 6) is 0.938. The first kappa shape index (κ1) is 17.0. The summed E-state index contributed by atoms with van der Waals surface area (Å²) in [6.07, 6.45) is 1.14. The van der Waals surface area contributed by atoms with Crippen molar-refractivity contribution in [3.63, 3.8) is 0 Å². The van der Waals surface area contributed by atoms with Gasteiger partial charge in [-0.05, 0) is 59.0 Å². The van der Waals surface area contributed by atoms with Gasteiger partial charge in [0.2, 0.25) is 0 Å². The van der Waals surface area contributed by atoms with Crippen LogP contribution in [0.25, 0.3) is 0 Å². The largest absolute Gasteiger partial charge is 0.494 e. The molecule has 0 amide bonds. The zero-order chi connectivity index (χ0) is 15.2. The molecule has 1 aromatic rings. The van der Waals surface area contributed by atoms with Crippen molar-refractivity contribution in [2.45, 2.75) is 45.7 Å². The summed E-state index contributed by atoms with van der Waals surface area (Å²) in [5, 5.41) is 3.41. The van der Waals surface area contributed by atoms with Gasteiger partial charge in [0.1, 0.15) is 5.75 Å². The van der Waals surface area contributed by atoms with Crippen LogP contribution in [0.2, 0.25) is 0 Å². The maximum Gasteiger partial charge on any atom is 0.119 e. The van der Waals surface area contributed by atoms with Gasteiger partial charge in [0.15, 0.2) is 0 Å². The highest BCUT2D eigenvalue weighted by Crippen LogP contribution is 2.22. The summed E-state index contributed by atoms with van der Waals surface area (Å²) in [4.78, 5) is 2.42. The molecular formula is C17H30N2O. The topological polar surface area (TPSA) is 24.5 Å². The van der Waals surface area contributed by atoms with Crippen LogP contribution in [0.1, 0.15) is 45.7 Å². The summed E-state index contributed by atoms with van der Waals surface area (Å²) in [6, 6.07) is 8.74. The van der Waals surface area contributed by atoms with Crippen molar-refractivity contribution in [1.82, 2.24) is 10.2 Å². The van der Waals surface area contributed by atoms with Crippen molar-refractivity contribution < 1.29 is 4.74 Å². The molecule has 1 N–H and O–H groups in total. The molecule has 0 saturated heterocycles. The number of likely N-dealkylation sites (N-methyl/N-ethyl adjacent to an activating group) is 2. The van der Waals surface area contributed by atoms with Gasteiger partial charge in [-0.15, -0.1) is 0 Å². The van der Waals surface area contributed by atoms with Crippen LogP contribution in [0.15, 0.2) is 24.3 Å². The van der Waals surface area contributed by atoms with Crippen LogP contribution < -0.4 is 10.1 Å². The van der Waals surface area contributed by atoms with E-state index in [-0.39, 0.29) is 5.54 Å². The lowest BCUT2D eigenvalue weighted by atomic mass is 9.98. The number of hydrogen-bond donors (Lipinski definition) is 1. The Morgan fingerprint density at radius 1 is 1.20 bits per heavy atom. The zero-order valence-electron chi connectivity index (χ0n) is 13.9. The molecule has 0 fully saturated rings. The van der Waals surface area contributed by atoms with Gasteiger partial charge in [-0.25, -0.2) is 0 Å². The van der Waals surface area contributed by atoms with E-state index in [1.807, 2.05) is 26.1 Å². The van der Waals surface area contributed by atoms with Crippen LogP contribution in [-0.4, -0.2) is 37.7 Å². The summed E-state index contributed by atoms with van der Waals surface area (Å²) in [6.45, 7) is 10.5. The predicted octanol–water partition coefficient (Wildman–Crippen LogP) is 3.47. The van der Waals surface area contributed by atoms with Crippen molar-refractivity contribution in [3.8, 4) is 5.75 Å². The van der Waals surface area contributed by atoms with Gasteiger partial charge in [-0.2, -0.15) is 0 Å². The number of nitrogens with one attached hydrogen (secondary N) is 1. The maximum absolute atomic E-state index is 5.50. The molecule has 114 valence electrons. The van der Waals surface area contributed by atoms with E-state index in [9.17, 15) is 0 Å². The Balaban J connectivity index is 2.75. The van der Waals surface area contributed by atoms with Crippen LogP contribution in [-0.2, 0) is 0 Å². The number of rotatable bonds is 8. The fourth-order valence-corrected chi connectivity index (χ4v) is 2.12. The van der Waals surface area contributed by atoms with Gasteiger partial charge < -0.3 is 10.1 Å². The van der Waals surface area contributed by atoms with E-state index >= 15 is 0 Å². The standard InChI is InChI=1S/C17H30N2O/c1-7-17(3,4)19(6)13-16(18-5)14-9-11-15(12-10-14)20-8-2/h9-12,16,18H,7-8,13H2,1-6H3. The Hall–Kier alpha value is -1.06. The Kier molecular flexibility index (Phi) is 6.50. The smallest absolute Gasteiger partial charge is 0.119 e. The summed E-state index contributed by atoms with van der Waals surface area (Å²) >= 11 is 0. The second kappa shape index (κ2) is 7.65. The molecule has 1 atom stereocenters. The molecule has 3 nitrogen and oxygen atoms in total. The van der Waals surface area contributed by atoms with E-state index in [1.165, 1.54) is 5.56 Å². The summed E-state index contributed by atoms with van der Waals surface area (Å²) < 4.78 is 5.50. The lowest BCUT2D eigenvalue weighted by Gasteiger charge is -2.37. The van der Waals surface area contributed by atoms with Crippen molar-refractivity contribution in [3.05, 3.63) is 29.8 Å². The first-order chi connectivity index (χ1) is 9.44. The van der Waals surface area contributed by atoms with E-state index in [4.69, 9.17) is 4.74 Å². The first-order valence-corrected chi connectivity index (χ1v) is 7.55. The predicted molar refractivity (Wildman–Crippen MR) is 86.4 cm³/mol. The number of nitrogens with zero attached hydrogens (tertiary/aromatic N) is 1. The molecule has 0 saturated carbocycles. The molecule has 0 aliphatic rings. The Labute approximate surface area is 124 Å². The van der Waals surface area contributed by atoms with E-state index in [2.05, 4.69) is 50.2 Å². The molecule has 0 aliphatic carbocycles. The van der Waals surface area contributed by atoms with Gasteiger partial charge in [-0.1, -0.05) is 19.1 Å². The van der Waals surface area contributed by atoms with Crippen LogP contribution in [0.5, 0.6) is 5.75 Å². The van der Waals surface area contributed by atoms with Crippen LogP contribution >= 0.6 is 0 Å². The van der Waals surface area contributed by atoms with E-state index in [1.54, 1.807) is 0 Å². The monoisotopic (exact) mass is 278 g/mol. The van der Waals surface area contributed by atoms with Gasteiger partial charge in [0.05, 0.1) is 6.61 Å². The first-order valence-electron chi connectivity index (χ1n) is 7.55. The maximum atomic E-state index is 5.50. The molecule has 0 aliphatic heterocycles. The second-order valence-electron chi connectivity index (χ2n) is 5.89. The Bertz CT molecular complexity index is 386. The summed E-state index contributed by atoms with van der Waals surface area (Å²) in [5.41, 5.74) is 1.52. The minimum absolute atomic E-state index is 0.223. The fourth-order valence-electron chi connectivity index (χ4n) is 2.12. The molecule has 0 spiro atoms. The minimum atomic E-state index is 0.223. The Morgan fingerprint density at radius 3 is 2.25 bits per heavy atom. The molecule has 0 bridgehead atoms. The Morgan fingerprint density at radius 2 is 1.80 bits per heavy atom. The van der Waals surface area contributed by atoms with Crippen molar-refractivity contribution >= 4 is 0 Å². The van der Waals surface area contributed by atoms with Crippen LogP contribution in [0.4, 0.5) is 0 Å². The average molecular weight is 278 g/mol. The van der Waals surface area contributed by atoms with E-state index < -0.39 is 0 Å². The SMILES string of the molecule is CCOc1ccc(C(CN(C)C(C)(C)CC)NC)cc1.